The van der Waals surface area contributed by atoms with Crippen molar-refractivity contribution in [1.29, 1.82) is 0 Å². The summed E-state index contributed by atoms with van der Waals surface area (Å²) in [5.41, 5.74) is 3.42. The maximum absolute atomic E-state index is 12.9. The molecule has 0 atom stereocenters. The van der Waals surface area contributed by atoms with E-state index in [0.717, 1.165) is 42.9 Å². The van der Waals surface area contributed by atoms with E-state index in [4.69, 9.17) is 21.6 Å². The molecule has 3 heterocycles. The molecule has 2 aromatic heterocycles. The summed E-state index contributed by atoms with van der Waals surface area (Å²) in [5, 5.41) is 16.3. The first-order valence-corrected chi connectivity index (χ1v) is 13.8. The van der Waals surface area contributed by atoms with E-state index in [1.165, 1.54) is 17.5 Å². The normalized spacial score (nSPS) is 13.9. The Labute approximate surface area is 235 Å². The van der Waals surface area contributed by atoms with Crippen molar-refractivity contribution in [3.05, 3.63) is 69.7 Å². The van der Waals surface area contributed by atoms with Crippen LogP contribution in [0.3, 0.4) is 0 Å². The third kappa shape index (κ3) is 6.34. The number of carbonyl (C=O) groups excluding carboxylic acids is 1. The summed E-state index contributed by atoms with van der Waals surface area (Å²) in [7, 11) is 0. The first-order valence-electron chi connectivity index (χ1n) is 12.6. The number of aromatic nitrogens is 4. The number of hydrogen-bond donors (Lipinski definition) is 3. The van der Waals surface area contributed by atoms with Gasteiger partial charge >= 0.3 is 0 Å². The topological polar surface area (TPSA) is 119 Å². The molecule has 2 aromatic carbocycles. The van der Waals surface area contributed by atoms with E-state index in [9.17, 15) is 9.90 Å². The zero-order valence-electron chi connectivity index (χ0n) is 21.7. The monoisotopic (exact) mass is 564 g/mol. The van der Waals surface area contributed by atoms with E-state index in [1.807, 2.05) is 50.2 Å². The van der Waals surface area contributed by atoms with Crippen molar-refractivity contribution in [2.24, 2.45) is 0 Å². The van der Waals surface area contributed by atoms with Gasteiger partial charge in [-0.3, -0.25) is 15.0 Å². The van der Waals surface area contributed by atoms with Gasteiger partial charge in [0.15, 0.2) is 11.0 Å². The quantitative estimate of drug-likeness (QED) is 0.286. The van der Waals surface area contributed by atoms with Gasteiger partial charge in [0.1, 0.15) is 4.88 Å². The van der Waals surface area contributed by atoms with Crippen molar-refractivity contribution in [2.75, 3.05) is 54.9 Å². The second-order valence-electron chi connectivity index (χ2n) is 9.19. The van der Waals surface area contributed by atoms with Gasteiger partial charge in [0, 0.05) is 38.3 Å². The van der Waals surface area contributed by atoms with Crippen LogP contribution in [0.1, 0.15) is 20.8 Å². The molecule has 10 nitrogen and oxygen atoms in total. The Bertz CT molecular complexity index is 1450. The van der Waals surface area contributed by atoms with Crippen LogP contribution < -0.4 is 15.5 Å². The number of nitrogens with zero attached hydrogens (tertiary/aromatic N) is 6. The van der Waals surface area contributed by atoms with Crippen LogP contribution in [0.5, 0.6) is 0 Å². The molecule has 4 aromatic rings. The van der Waals surface area contributed by atoms with Crippen molar-refractivity contribution in [2.45, 2.75) is 13.8 Å². The largest absolute Gasteiger partial charge is 0.395 e. The summed E-state index contributed by atoms with van der Waals surface area (Å²) in [6.45, 7) is 7.80. The van der Waals surface area contributed by atoms with E-state index >= 15 is 0 Å². The molecule has 1 aliphatic heterocycles. The molecule has 1 aliphatic rings. The van der Waals surface area contributed by atoms with E-state index in [2.05, 4.69) is 30.4 Å². The summed E-state index contributed by atoms with van der Waals surface area (Å²) in [4.78, 5) is 36.2. The molecule has 12 heteroatoms. The molecular formula is C27H29ClN8O2S. The lowest BCUT2D eigenvalue weighted by Crippen LogP contribution is -2.47. The molecule has 0 saturated carbocycles. The van der Waals surface area contributed by atoms with Gasteiger partial charge < -0.3 is 15.3 Å². The fourth-order valence-corrected chi connectivity index (χ4v) is 5.29. The number of piperazine rings is 1. The van der Waals surface area contributed by atoms with E-state index < -0.39 is 0 Å². The van der Waals surface area contributed by atoms with Crippen LogP contribution in [0.2, 0.25) is 5.02 Å². The van der Waals surface area contributed by atoms with Crippen LogP contribution in [0.4, 0.5) is 22.7 Å². The zero-order chi connectivity index (χ0) is 27.4. The molecule has 3 N–H and O–H groups in total. The summed E-state index contributed by atoms with van der Waals surface area (Å²) in [6.07, 6.45) is 1.51. The van der Waals surface area contributed by atoms with Gasteiger partial charge in [-0.05, 0) is 31.0 Å². The number of halogens is 1. The number of carbonyl (C=O) groups is 1. The Morgan fingerprint density at radius 1 is 1.03 bits per heavy atom. The van der Waals surface area contributed by atoms with Gasteiger partial charge in [0.05, 0.1) is 23.5 Å². The minimum Gasteiger partial charge on any atom is -0.395 e. The lowest BCUT2D eigenvalue weighted by molar-refractivity contribution is 0.103. The average molecular weight is 565 g/mol. The molecule has 5 rings (SSSR count). The number of hydrogen-bond acceptors (Lipinski definition) is 10. The van der Waals surface area contributed by atoms with Gasteiger partial charge in [0.25, 0.3) is 5.91 Å². The molecule has 0 aliphatic carbocycles. The highest BCUT2D eigenvalue weighted by molar-refractivity contribution is 7.17. The SMILES string of the molecule is Cc1ccccc1-c1nc(Nc2ncc(C(=O)Nc3c(C)cccc3Cl)s2)nc(N2CCN(CCO)CC2)n1. The van der Waals surface area contributed by atoms with Gasteiger partial charge in [-0.1, -0.05) is 59.3 Å². The molecule has 0 unspecified atom stereocenters. The number of benzene rings is 2. The number of thiazole rings is 1. The van der Waals surface area contributed by atoms with E-state index in [-0.39, 0.29) is 12.5 Å². The Morgan fingerprint density at radius 3 is 2.54 bits per heavy atom. The van der Waals surface area contributed by atoms with Crippen LogP contribution in [-0.4, -0.2) is 75.2 Å². The average Bonchev–Trinajstić information content (AvgIpc) is 3.40. The highest BCUT2D eigenvalue weighted by Crippen LogP contribution is 2.29. The lowest BCUT2D eigenvalue weighted by atomic mass is 10.1. The highest BCUT2D eigenvalue weighted by atomic mass is 35.5. The van der Waals surface area contributed by atoms with Gasteiger partial charge in [-0.2, -0.15) is 15.0 Å². The van der Waals surface area contributed by atoms with Crippen LogP contribution in [-0.2, 0) is 0 Å². The minimum atomic E-state index is -0.297. The molecular weight excluding hydrogens is 536 g/mol. The van der Waals surface area contributed by atoms with Crippen molar-refractivity contribution < 1.29 is 9.90 Å². The number of anilines is 4. The number of β-amino-alcohol motifs (C(OH)–C–C–N with tert-alkyl or cyclic N) is 1. The number of aryl methyl sites for hydroxylation is 2. The van der Waals surface area contributed by atoms with E-state index in [1.54, 1.807) is 6.07 Å². The number of nitrogens with one attached hydrogen (secondary N) is 2. The summed E-state index contributed by atoms with van der Waals surface area (Å²) < 4.78 is 0. The van der Waals surface area contributed by atoms with Crippen molar-refractivity contribution in [1.82, 2.24) is 24.8 Å². The highest BCUT2D eigenvalue weighted by Gasteiger charge is 2.22. The Hall–Kier alpha value is -3.64. The standard InChI is InChI=1S/C27H29ClN8O2S/c1-17-6-3-4-8-19(17)23-31-25(33-26(32-23)36-12-10-35(11-13-36)14-15-37)34-27-29-16-21(39-27)24(38)30-22-18(2)7-5-9-20(22)28/h3-9,16,37H,10-15H2,1-2H3,(H,30,38)(H,29,31,32,33,34). The van der Waals surface area contributed by atoms with Gasteiger partial charge in [0.2, 0.25) is 11.9 Å². The van der Waals surface area contributed by atoms with Gasteiger partial charge in [-0.15, -0.1) is 0 Å². The maximum atomic E-state index is 12.9. The van der Waals surface area contributed by atoms with Crippen LogP contribution in [0, 0.1) is 13.8 Å². The first kappa shape index (κ1) is 26.9. The molecule has 0 radical (unpaired) electrons. The van der Waals surface area contributed by atoms with Gasteiger partial charge in [-0.25, -0.2) is 4.98 Å². The van der Waals surface area contributed by atoms with Crippen molar-refractivity contribution in [3.63, 3.8) is 0 Å². The van der Waals surface area contributed by atoms with Crippen LogP contribution in [0.15, 0.2) is 48.7 Å². The Kier molecular flexibility index (Phi) is 8.32. The predicted molar refractivity (Wildman–Crippen MR) is 155 cm³/mol. The smallest absolute Gasteiger partial charge is 0.267 e. The summed E-state index contributed by atoms with van der Waals surface area (Å²) >= 11 is 7.47. The predicted octanol–water partition coefficient (Wildman–Crippen LogP) is 4.38. The number of para-hydroxylation sites is 1. The summed E-state index contributed by atoms with van der Waals surface area (Å²) in [5.74, 6) is 1.17. The Balaban J connectivity index is 1.39. The molecule has 0 spiro atoms. The second-order valence-corrected chi connectivity index (χ2v) is 10.6. The van der Waals surface area contributed by atoms with Crippen molar-refractivity contribution in [3.8, 4) is 11.4 Å². The second kappa shape index (κ2) is 12.0. The molecule has 1 amide bonds. The maximum Gasteiger partial charge on any atom is 0.267 e. The number of amides is 1. The number of aliphatic hydroxyl groups is 1. The van der Waals surface area contributed by atoms with E-state index in [0.29, 0.717) is 45.0 Å². The zero-order valence-corrected chi connectivity index (χ0v) is 23.3. The minimum absolute atomic E-state index is 0.142. The number of aliphatic hydroxyl groups excluding tert-OH is 1. The Morgan fingerprint density at radius 2 is 1.79 bits per heavy atom. The van der Waals surface area contributed by atoms with Crippen molar-refractivity contribution >= 4 is 51.6 Å². The van der Waals surface area contributed by atoms with Crippen LogP contribution >= 0.6 is 22.9 Å². The molecule has 202 valence electrons. The van der Waals surface area contributed by atoms with Crippen LogP contribution in [0.25, 0.3) is 11.4 Å². The lowest BCUT2D eigenvalue weighted by Gasteiger charge is -2.34. The molecule has 0 bridgehead atoms. The fraction of sp³-hybridized carbons (Fsp3) is 0.296. The number of rotatable bonds is 8. The summed E-state index contributed by atoms with van der Waals surface area (Å²) in [6, 6.07) is 13.4. The third-order valence-corrected chi connectivity index (χ3v) is 7.72. The first-order chi connectivity index (χ1) is 18.9. The fourth-order valence-electron chi connectivity index (χ4n) is 4.32. The molecule has 39 heavy (non-hydrogen) atoms. The molecule has 1 fully saturated rings. The third-order valence-electron chi connectivity index (χ3n) is 6.49. The molecule has 1 saturated heterocycles.